The summed E-state index contributed by atoms with van der Waals surface area (Å²) < 4.78 is 0. The Balaban J connectivity index is 1.93. The largest absolute Gasteiger partial charge is 0.0625 e. The lowest BCUT2D eigenvalue weighted by molar-refractivity contribution is 0.122. The van der Waals surface area contributed by atoms with E-state index in [1.807, 2.05) is 0 Å². The summed E-state index contributed by atoms with van der Waals surface area (Å²) in [5.74, 6) is 3.41. The van der Waals surface area contributed by atoms with Crippen molar-refractivity contribution in [2.24, 2.45) is 23.2 Å². The molecule has 0 aromatic carbocycles. The van der Waals surface area contributed by atoms with Crippen LogP contribution < -0.4 is 0 Å². The molecule has 1 spiro atoms. The summed E-state index contributed by atoms with van der Waals surface area (Å²) in [7, 11) is 0. The lowest BCUT2D eigenvalue weighted by Gasteiger charge is -2.38. The van der Waals surface area contributed by atoms with Gasteiger partial charge in [0.15, 0.2) is 0 Å². The van der Waals surface area contributed by atoms with Crippen LogP contribution in [-0.2, 0) is 0 Å². The van der Waals surface area contributed by atoms with Gasteiger partial charge >= 0.3 is 0 Å². The average Bonchev–Trinajstić information content (AvgIpc) is 2.20. The van der Waals surface area contributed by atoms with E-state index in [0.29, 0.717) is 0 Å². The number of hydrogen-bond donors (Lipinski definition) is 0. The van der Waals surface area contributed by atoms with Crippen molar-refractivity contribution in [1.29, 1.82) is 0 Å². The lowest BCUT2D eigenvalue weighted by atomic mass is 9.67. The quantitative estimate of drug-likeness (QED) is 0.480. The molecular formula is C10H16. The zero-order valence-electron chi connectivity index (χ0n) is 6.77. The molecule has 0 heteroatoms. The predicted octanol–water partition coefficient (Wildman–Crippen LogP) is 2.83. The highest BCUT2D eigenvalue weighted by atomic mass is 14.6. The third-order valence-electron chi connectivity index (χ3n) is 4.32. The Hall–Kier alpha value is 0. The molecule has 4 aliphatic rings. The fourth-order valence-electron chi connectivity index (χ4n) is 4.18. The first-order chi connectivity index (χ1) is 4.78. The first-order valence-electron chi connectivity index (χ1n) is 4.78. The molecule has 0 radical (unpaired) electrons. The molecule has 56 valence electrons. The summed E-state index contributed by atoms with van der Waals surface area (Å²) in [4.78, 5) is 0. The van der Waals surface area contributed by atoms with Crippen LogP contribution in [0, 0.1) is 23.2 Å². The molecule has 0 nitrogen and oxygen atoms in total. The minimum Gasteiger partial charge on any atom is -0.0625 e. The van der Waals surface area contributed by atoms with Gasteiger partial charge in [-0.15, -0.1) is 0 Å². The van der Waals surface area contributed by atoms with E-state index in [0.717, 1.165) is 11.3 Å². The second-order valence-corrected chi connectivity index (χ2v) is 5.11. The summed E-state index contributed by atoms with van der Waals surface area (Å²) >= 11 is 0. The van der Waals surface area contributed by atoms with E-state index in [1.54, 1.807) is 32.1 Å². The van der Waals surface area contributed by atoms with Crippen LogP contribution in [0.3, 0.4) is 0 Å². The minimum absolute atomic E-state index is 0.921. The highest BCUT2D eigenvalue weighted by molar-refractivity contribution is 5.10. The highest BCUT2D eigenvalue weighted by Gasteiger charge is 2.59. The molecule has 2 atom stereocenters. The maximum Gasteiger partial charge on any atom is -0.0261 e. The third kappa shape index (κ3) is 0.466. The van der Waals surface area contributed by atoms with Crippen molar-refractivity contribution < 1.29 is 0 Å². The van der Waals surface area contributed by atoms with Crippen LogP contribution in [0.1, 0.15) is 39.0 Å². The molecule has 4 fully saturated rings. The maximum absolute atomic E-state index is 2.44. The smallest absolute Gasteiger partial charge is 0.0261 e. The maximum atomic E-state index is 2.44. The Morgan fingerprint density at radius 2 is 1.90 bits per heavy atom. The fourth-order valence-corrected chi connectivity index (χ4v) is 4.18. The van der Waals surface area contributed by atoms with Gasteiger partial charge in [-0.2, -0.15) is 0 Å². The van der Waals surface area contributed by atoms with Crippen LogP contribution in [0.4, 0.5) is 0 Å². The molecule has 0 saturated heterocycles. The fraction of sp³-hybridized carbons (Fsp3) is 1.00. The van der Waals surface area contributed by atoms with E-state index < -0.39 is 0 Å². The summed E-state index contributed by atoms with van der Waals surface area (Å²) in [6, 6.07) is 0. The second kappa shape index (κ2) is 1.44. The molecule has 4 rings (SSSR count). The van der Waals surface area contributed by atoms with Crippen LogP contribution in [0.5, 0.6) is 0 Å². The molecule has 0 aromatic heterocycles. The van der Waals surface area contributed by atoms with Crippen molar-refractivity contribution in [1.82, 2.24) is 0 Å². The van der Waals surface area contributed by atoms with Gasteiger partial charge in [0.1, 0.15) is 0 Å². The summed E-state index contributed by atoms with van der Waals surface area (Å²) in [6.45, 7) is 2.44. The first-order valence-corrected chi connectivity index (χ1v) is 4.78. The van der Waals surface area contributed by atoms with Crippen molar-refractivity contribution in [2.75, 3.05) is 0 Å². The molecule has 2 bridgehead atoms. The van der Waals surface area contributed by atoms with Crippen LogP contribution in [0.2, 0.25) is 0 Å². The van der Waals surface area contributed by atoms with Gasteiger partial charge in [0.2, 0.25) is 0 Å². The van der Waals surface area contributed by atoms with Gasteiger partial charge in [0, 0.05) is 0 Å². The van der Waals surface area contributed by atoms with Gasteiger partial charge in [-0.25, -0.2) is 0 Å². The van der Waals surface area contributed by atoms with Gasteiger partial charge in [-0.3, -0.25) is 0 Å². The minimum atomic E-state index is 0.921. The number of hydrogen-bond acceptors (Lipinski definition) is 0. The zero-order valence-corrected chi connectivity index (χ0v) is 6.77. The first kappa shape index (κ1) is 5.62. The normalized spacial score (nSPS) is 63.9. The van der Waals surface area contributed by atoms with Crippen molar-refractivity contribution in [3.05, 3.63) is 0 Å². The molecule has 2 unspecified atom stereocenters. The van der Waals surface area contributed by atoms with Crippen LogP contribution >= 0.6 is 0 Å². The second-order valence-electron chi connectivity index (χ2n) is 5.11. The van der Waals surface area contributed by atoms with Crippen molar-refractivity contribution in [3.63, 3.8) is 0 Å². The van der Waals surface area contributed by atoms with E-state index in [2.05, 4.69) is 6.92 Å². The Kier molecular flexibility index (Phi) is 0.810. The van der Waals surface area contributed by atoms with Crippen molar-refractivity contribution >= 4 is 0 Å². The Labute approximate surface area is 63.0 Å². The summed E-state index contributed by atoms with van der Waals surface area (Å²) in [6.07, 6.45) is 7.97. The topological polar surface area (TPSA) is 0 Å². The Morgan fingerprint density at radius 3 is 2.60 bits per heavy atom. The molecule has 4 aliphatic carbocycles. The third-order valence-corrected chi connectivity index (χ3v) is 4.32. The van der Waals surface area contributed by atoms with Gasteiger partial charge in [-0.1, -0.05) is 6.92 Å². The van der Waals surface area contributed by atoms with Gasteiger partial charge in [0.25, 0.3) is 0 Å². The van der Waals surface area contributed by atoms with Gasteiger partial charge < -0.3 is 0 Å². The molecular weight excluding hydrogens is 120 g/mol. The van der Waals surface area contributed by atoms with E-state index in [1.165, 1.54) is 11.8 Å². The SMILES string of the molecule is CC1CC2CC3CC2(C1)C3. The van der Waals surface area contributed by atoms with Crippen molar-refractivity contribution in [2.45, 2.75) is 39.0 Å². The molecule has 0 N–H and O–H groups in total. The molecule has 10 heavy (non-hydrogen) atoms. The molecule has 0 heterocycles. The van der Waals surface area contributed by atoms with Crippen molar-refractivity contribution in [3.8, 4) is 0 Å². The van der Waals surface area contributed by atoms with Gasteiger partial charge in [0.05, 0.1) is 0 Å². The molecule has 0 aliphatic heterocycles. The van der Waals surface area contributed by atoms with Crippen LogP contribution in [0.15, 0.2) is 0 Å². The van der Waals surface area contributed by atoms with Gasteiger partial charge in [-0.05, 0) is 55.3 Å². The van der Waals surface area contributed by atoms with Crippen LogP contribution in [0.25, 0.3) is 0 Å². The Morgan fingerprint density at radius 1 is 1.10 bits per heavy atom. The predicted molar refractivity (Wildman–Crippen MR) is 41.7 cm³/mol. The standard InChI is InChI=1S/C10H16/c1-7-2-9-3-8-5-10(9,4-7)6-8/h7-9H,2-6H2,1H3. The highest BCUT2D eigenvalue weighted by Crippen LogP contribution is 2.70. The monoisotopic (exact) mass is 136 g/mol. The van der Waals surface area contributed by atoms with E-state index >= 15 is 0 Å². The Bertz CT molecular complexity index is 162. The van der Waals surface area contributed by atoms with E-state index in [4.69, 9.17) is 0 Å². The molecule has 0 aromatic rings. The molecule has 0 amide bonds. The lowest BCUT2D eigenvalue weighted by Crippen LogP contribution is -2.28. The van der Waals surface area contributed by atoms with E-state index in [-0.39, 0.29) is 0 Å². The zero-order chi connectivity index (χ0) is 6.77. The summed E-state index contributed by atoms with van der Waals surface area (Å²) in [5.41, 5.74) is 0.921. The average molecular weight is 136 g/mol. The van der Waals surface area contributed by atoms with Crippen LogP contribution in [-0.4, -0.2) is 0 Å². The number of rotatable bonds is 0. The molecule has 4 saturated carbocycles. The van der Waals surface area contributed by atoms with E-state index in [9.17, 15) is 0 Å². The summed E-state index contributed by atoms with van der Waals surface area (Å²) in [5, 5.41) is 0.